The SMILES string of the molecule is CCc1nnsc1C(=O)Nc1cccc(S(=O)(=O)N(C)c2ccccc2)c1. The van der Waals surface area contributed by atoms with Gasteiger partial charge in [0.25, 0.3) is 15.9 Å². The second-order valence-corrected chi connectivity index (χ2v) is 8.42. The maximum absolute atomic E-state index is 12.9. The summed E-state index contributed by atoms with van der Waals surface area (Å²) in [6.45, 7) is 1.89. The third-order valence-electron chi connectivity index (χ3n) is 3.97. The lowest BCUT2D eigenvalue weighted by molar-refractivity contribution is 0.102. The topological polar surface area (TPSA) is 92.3 Å². The van der Waals surface area contributed by atoms with Crippen molar-refractivity contribution in [1.29, 1.82) is 0 Å². The van der Waals surface area contributed by atoms with Gasteiger partial charge in [-0.05, 0) is 48.3 Å². The van der Waals surface area contributed by atoms with Gasteiger partial charge in [-0.3, -0.25) is 9.10 Å². The number of amides is 1. The number of aromatic nitrogens is 2. The highest BCUT2D eigenvalue weighted by Crippen LogP contribution is 2.24. The minimum atomic E-state index is -3.76. The Kier molecular flexibility index (Phi) is 5.52. The summed E-state index contributed by atoms with van der Waals surface area (Å²) < 4.78 is 30.8. The average molecular weight is 403 g/mol. The molecule has 0 spiro atoms. The Balaban J connectivity index is 1.86. The van der Waals surface area contributed by atoms with Crippen molar-refractivity contribution in [3.05, 3.63) is 65.2 Å². The zero-order valence-electron chi connectivity index (χ0n) is 14.8. The quantitative estimate of drug-likeness (QED) is 0.684. The number of nitrogens with one attached hydrogen (secondary N) is 1. The molecule has 9 heteroatoms. The van der Waals surface area contributed by atoms with Crippen LogP contribution in [-0.4, -0.2) is 31.0 Å². The van der Waals surface area contributed by atoms with Crippen molar-refractivity contribution in [2.24, 2.45) is 0 Å². The van der Waals surface area contributed by atoms with Gasteiger partial charge in [0.05, 0.1) is 16.3 Å². The second kappa shape index (κ2) is 7.85. The lowest BCUT2D eigenvalue weighted by Gasteiger charge is -2.19. The van der Waals surface area contributed by atoms with Crippen molar-refractivity contribution in [2.75, 3.05) is 16.7 Å². The van der Waals surface area contributed by atoms with Crippen LogP contribution in [0.15, 0.2) is 59.5 Å². The summed E-state index contributed by atoms with van der Waals surface area (Å²) >= 11 is 1.01. The molecule has 2 aromatic carbocycles. The van der Waals surface area contributed by atoms with Gasteiger partial charge in [-0.25, -0.2) is 8.42 Å². The Morgan fingerprint density at radius 1 is 1.15 bits per heavy atom. The summed E-state index contributed by atoms with van der Waals surface area (Å²) in [5.41, 5.74) is 1.55. The molecule has 1 aromatic heterocycles. The average Bonchev–Trinajstić information content (AvgIpc) is 3.17. The highest BCUT2D eigenvalue weighted by atomic mass is 32.2. The molecule has 0 bridgehead atoms. The van der Waals surface area contributed by atoms with Gasteiger partial charge in [-0.15, -0.1) is 5.10 Å². The Hall–Kier alpha value is -2.78. The van der Waals surface area contributed by atoms with Gasteiger partial charge in [0.2, 0.25) is 0 Å². The van der Waals surface area contributed by atoms with Gasteiger partial charge >= 0.3 is 0 Å². The first kappa shape index (κ1) is 19.0. The Morgan fingerprint density at radius 3 is 2.59 bits per heavy atom. The van der Waals surface area contributed by atoms with E-state index in [-0.39, 0.29) is 10.8 Å². The predicted octanol–water partition coefficient (Wildman–Crippen LogP) is 3.18. The molecule has 0 radical (unpaired) electrons. The van der Waals surface area contributed by atoms with Crippen molar-refractivity contribution in [3.8, 4) is 0 Å². The van der Waals surface area contributed by atoms with Crippen molar-refractivity contribution in [1.82, 2.24) is 9.59 Å². The maximum Gasteiger partial charge on any atom is 0.269 e. The summed E-state index contributed by atoms with van der Waals surface area (Å²) in [5, 5.41) is 6.63. The van der Waals surface area contributed by atoms with E-state index in [1.165, 1.54) is 23.5 Å². The van der Waals surface area contributed by atoms with Crippen LogP contribution in [0.4, 0.5) is 11.4 Å². The van der Waals surface area contributed by atoms with Gasteiger partial charge < -0.3 is 5.32 Å². The number of sulfonamides is 1. The molecule has 3 aromatic rings. The number of rotatable bonds is 6. The molecule has 0 aliphatic heterocycles. The van der Waals surface area contributed by atoms with Crippen molar-refractivity contribution in [3.63, 3.8) is 0 Å². The molecule has 1 amide bonds. The molecule has 0 atom stereocenters. The van der Waals surface area contributed by atoms with Crippen LogP contribution in [0.3, 0.4) is 0 Å². The molecular formula is C18H18N4O3S2. The fourth-order valence-electron chi connectivity index (χ4n) is 2.47. The third-order valence-corrected chi connectivity index (χ3v) is 6.52. The van der Waals surface area contributed by atoms with Crippen LogP contribution < -0.4 is 9.62 Å². The van der Waals surface area contributed by atoms with Crippen molar-refractivity contribution < 1.29 is 13.2 Å². The molecule has 0 unspecified atom stereocenters. The molecule has 0 aliphatic carbocycles. The first-order chi connectivity index (χ1) is 12.9. The highest BCUT2D eigenvalue weighted by molar-refractivity contribution is 7.92. The van der Waals surface area contributed by atoms with Gasteiger partial charge in [0.1, 0.15) is 4.88 Å². The van der Waals surface area contributed by atoms with Crippen molar-refractivity contribution in [2.45, 2.75) is 18.2 Å². The fraction of sp³-hybridized carbons (Fsp3) is 0.167. The monoisotopic (exact) mass is 402 g/mol. The molecule has 0 fully saturated rings. The lowest BCUT2D eigenvalue weighted by atomic mass is 10.2. The number of anilines is 2. The molecule has 0 saturated carbocycles. The van der Waals surface area contributed by atoms with Crippen LogP contribution in [0.5, 0.6) is 0 Å². The molecular weight excluding hydrogens is 384 g/mol. The standard InChI is InChI=1S/C18H18N4O3S2/c1-3-16-17(26-21-20-16)18(23)19-13-8-7-11-15(12-13)27(24,25)22(2)14-9-5-4-6-10-14/h4-12H,3H2,1-2H3,(H,19,23). The van der Waals surface area contributed by atoms with Crippen LogP contribution >= 0.6 is 11.5 Å². The van der Waals surface area contributed by atoms with E-state index < -0.39 is 10.0 Å². The van der Waals surface area contributed by atoms with E-state index in [1.54, 1.807) is 36.4 Å². The molecule has 7 nitrogen and oxygen atoms in total. The zero-order chi connectivity index (χ0) is 19.4. The smallest absolute Gasteiger partial charge is 0.269 e. The largest absolute Gasteiger partial charge is 0.321 e. The number of carbonyl (C=O) groups is 1. The molecule has 0 saturated heterocycles. The Morgan fingerprint density at radius 2 is 1.89 bits per heavy atom. The minimum Gasteiger partial charge on any atom is -0.321 e. The van der Waals surface area contributed by atoms with Gasteiger partial charge in [0.15, 0.2) is 0 Å². The second-order valence-electron chi connectivity index (χ2n) is 5.69. The van der Waals surface area contributed by atoms with Crippen molar-refractivity contribution >= 4 is 38.8 Å². The van der Waals surface area contributed by atoms with E-state index in [0.29, 0.717) is 28.4 Å². The number of carbonyl (C=O) groups excluding carboxylic acids is 1. The summed E-state index contributed by atoms with van der Waals surface area (Å²) in [5.74, 6) is -0.354. The molecule has 1 N–H and O–H groups in total. The van der Waals surface area contributed by atoms with E-state index in [4.69, 9.17) is 0 Å². The number of hydrogen-bond acceptors (Lipinski definition) is 6. The van der Waals surface area contributed by atoms with Gasteiger partial charge in [0, 0.05) is 12.7 Å². The minimum absolute atomic E-state index is 0.0878. The van der Waals surface area contributed by atoms with Crippen LogP contribution in [0.25, 0.3) is 0 Å². The number of hydrogen-bond donors (Lipinski definition) is 1. The van der Waals surface area contributed by atoms with E-state index >= 15 is 0 Å². The normalized spacial score (nSPS) is 11.2. The maximum atomic E-state index is 12.9. The lowest BCUT2D eigenvalue weighted by Crippen LogP contribution is -2.26. The van der Waals surface area contributed by atoms with E-state index in [0.717, 1.165) is 11.5 Å². The molecule has 27 heavy (non-hydrogen) atoms. The first-order valence-electron chi connectivity index (χ1n) is 8.20. The Labute approximate surface area is 161 Å². The highest BCUT2D eigenvalue weighted by Gasteiger charge is 2.22. The van der Waals surface area contributed by atoms with E-state index in [2.05, 4.69) is 14.9 Å². The van der Waals surface area contributed by atoms with Gasteiger partial charge in [-0.2, -0.15) is 0 Å². The Bertz CT molecular complexity index is 1050. The molecule has 3 rings (SSSR count). The number of aryl methyl sites for hydroxylation is 1. The summed E-state index contributed by atoms with van der Waals surface area (Å²) in [4.78, 5) is 12.9. The summed E-state index contributed by atoms with van der Waals surface area (Å²) in [6, 6.07) is 15.0. The number of para-hydroxylation sites is 1. The zero-order valence-corrected chi connectivity index (χ0v) is 16.4. The molecule has 140 valence electrons. The summed E-state index contributed by atoms with van der Waals surface area (Å²) in [7, 11) is -2.26. The number of benzene rings is 2. The van der Waals surface area contributed by atoms with Crippen LogP contribution in [0.2, 0.25) is 0 Å². The first-order valence-corrected chi connectivity index (χ1v) is 10.4. The number of nitrogens with zero attached hydrogens (tertiary/aromatic N) is 3. The molecule has 0 aliphatic rings. The van der Waals surface area contributed by atoms with Crippen LogP contribution in [0.1, 0.15) is 22.3 Å². The van der Waals surface area contributed by atoms with E-state index in [1.807, 2.05) is 13.0 Å². The van der Waals surface area contributed by atoms with Gasteiger partial charge in [-0.1, -0.05) is 35.7 Å². The predicted molar refractivity (Wildman–Crippen MR) is 106 cm³/mol. The molecule has 1 heterocycles. The van der Waals surface area contributed by atoms with Crippen LogP contribution in [-0.2, 0) is 16.4 Å². The fourth-order valence-corrected chi connectivity index (χ4v) is 4.36. The summed E-state index contributed by atoms with van der Waals surface area (Å²) in [6.07, 6.45) is 0.593. The van der Waals surface area contributed by atoms with Crippen LogP contribution in [0, 0.1) is 0 Å². The van der Waals surface area contributed by atoms with E-state index in [9.17, 15) is 13.2 Å². The third kappa shape index (κ3) is 3.99.